The van der Waals surface area contributed by atoms with Crippen LogP contribution in [0.5, 0.6) is 0 Å². The van der Waals surface area contributed by atoms with Crippen LogP contribution in [-0.2, 0) is 11.3 Å². The first-order valence-electron chi connectivity index (χ1n) is 6.39. The van der Waals surface area contributed by atoms with Crippen LogP contribution in [-0.4, -0.2) is 17.0 Å². The van der Waals surface area contributed by atoms with Gasteiger partial charge in [-0.3, -0.25) is 4.79 Å². The highest BCUT2D eigenvalue weighted by Gasteiger charge is 2.21. The zero-order valence-corrected chi connectivity index (χ0v) is 11.4. The van der Waals surface area contributed by atoms with Crippen molar-refractivity contribution in [2.45, 2.75) is 33.2 Å². The number of oxime groups is 1. The second-order valence-electron chi connectivity index (χ2n) is 4.51. The topological polar surface area (TPSA) is 87.7 Å². The van der Waals surface area contributed by atoms with Crippen molar-refractivity contribution < 1.29 is 10.0 Å². The van der Waals surface area contributed by atoms with E-state index in [1.807, 2.05) is 38.1 Å². The van der Waals surface area contributed by atoms with Crippen LogP contribution in [0.25, 0.3) is 0 Å². The van der Waals surface area contributed by atoms with E-state index in [9.17, 15) is 4.79 Å². The minimum absolute atomic E-state index is 0.0378. The molecule has 0 aliphatic heterocycles. The molecule has 1 unspecified atom stereocenters. The zero-order chi connectivity index (χ0) is 14.3. The number of nitrogens with one attached hydrogen (secondary N) is 1. The molecule has 1 aromatic carbocycles. The van der Waals surface area contributed by atoms with Gasteiger partial charge >= 0.3 is 0 Å². The number of hydrogen-bond acceptors (Lipinski definition) is 3. The van der Waals surface area contributed by atoms with E-state index in [2.05, 4.69) is 10.5 Å². The average Bonchev–Trinajstić information content (AvgIpc) is 2.42. The number of amides is 1. The molecule has 1 amide bonds. The SMILES string of the molecule is CCCC(C(=O)NCc1ccccc1C)C(N)=NO. The van der Waals surface area contributed by atoms with Crippen molar-refractivity contribution in [2.75, 3.05) is 0 Å². The number of rotatable bonds is 6. The fraction of sp³-hybridized carbons (Fsp3) is 0.429. The summed E-state index contributed by atoms with van der Waals surface area (Å²) in [5, 5.41) is 14.5. The third kappa shape index (κ3) is 4.28. The smallest absolute Gasteiger partial charge is 0.231 e. The Bertz CT molecular complexity index is 458. The van der Waals surface area contributed by atoms with E-state index < -0.39 is 5.92 Å². The molecule has 1 aromatic rings. The van der Waals surface area contributed by atoms with Gasteiger partial charge in [0.25, 0.3) is 0 Å². The molecule has 19 heavy (non-hydrogen) atoms. The number of carbonyl (C=O) groups excluding carboxylic acids is 1. The lowest BCUT2D eigenvalue weighted by molar-refractivity contribution is -0.123. The van der Waals surface area contributed by atoms with Gasteiger partial charge in [-0.25, -0.2) is 0 Å². The van der Waals surface area contributed by atoms with Crippen molar-refractivity contribution in [1.82, 2.24) is 5.32 Å². The number of amidine groups is 1. The van der Waals surface area contributed by atoms with Gasteiger partial charge in [-0.2, -0.15) is 0 Å². The van der Waals surface area contributed by atoms with Crippen molar-refractivity contribution in [1.29, 1.82) is 0 Å². The summed E-state index contributed by atoms with van der Waals surface area (Å²) in [5.74, 6) is -0.816. The lowest BCUT2D eigenvalue weighted by Gasteiger charge is -2.15. The summed E-state index contributed by atoms with van der Waals surface area (Å²) >= 11 is 0. The molecule has 0 heterocycles. The third-order valence-electron chi connectivity index (χ3n) is 3.08. The second kappa shape index (κ2) is 7.41. The van der Waals surface area contributed by atoms with Crippen LogP contribution < -0.4 is 11.1 Å². The average molecular weight is 263 g/mol. The summed E-state index contributed by atoms with van der Waals surface area (Å²) in [4.78, 5) is 12.0. The number of nitrogens with two attached hydrogens (primary N) is 1. The van der Waals surface area contributed by atoms with Gasteiger partial charge in [0.15, 0.2) is 5.84 Å². The molecular formula is C14H21N3O2. The van der Waals surface area contributed by atoms with Crippen LogP contribution in [0.2, 0.25) is 0 Å². The van der Waals surface area contributed by atoms with Gasteiger partial charge in [0.05, 0.1) is 5.92 Å². The van der Waals surface area contributed by atoms with E-state index in [0.717, 1.165) is 17.5 Å². The number of aryl methyl sites for hydroxylation is 1. The Morgan fingerprint density at radius 3 is 2.74 bits per heavy atom. The molecule has 5 heteroatoms. The Morgan fingerprint density at radius 1 is 1.47 bits per heavy atom. The predicted octanol–water partition coefficient (Wildman–Crippen LogP) is 1.77. The van der Waals surface area contributed by atoms with Gasteiger partial charge in [-0.05, 0) is 24.5 Å². The van der Waals surface area contributed by atoms with Crippen LogP contribution in [0, 0.1) is 12.8 Å². The van der Waals surface area contributed by atoms with Gasteiger partial charge in [0.1, 0.15) is 0 Å². The van der Waals surface area contributed by atoms with Gasteiger partial charge in [-0.15, -0.1) is 0 Å². The molecule has 0 radical (unpaired) electrons. The summed E-state index contributed by atoms with van der Waals surface area (Å²) in [6.45, 7) is 4.39. The molecule has 0 spiro atoms. The number of carbonyl (C=O) groups is 1. The molecule has 0 saturated heterocycles. The molecule has 0 aliphatic rings. The Kier molecular flexibility index (Phi) is 5.85. The Morgan fingerprint density at radius 2 is 2.16 bits per heavy atom. The number of benzene rings is 1. The molecule has 0 aromatic heterocycles. The fourth-order valence-corrected chi connectivity index (χ4v) is 1.89. The Hall–Kier alpha value is -2.04. The Balaban J connectivity index is 2.65. The molecule has 104 valence electrons. The summed E-state index contributed by atoms with van der Waals surface area (Å²) in [5.41, 5.74) is 7.73. The van der Waals surface area contributed by atoms with Crippen LogP contribution in [0.15, 0.2) is 29.4 Å². The van der Waals surface area contributed by atoms with Gasteiger partial charge in [-0.1, -0.05) is 42.8 Å². The van der Waals surface area contributed by atoms with Crippen molar-refractivity contribution in [2.24, 2.45) is 16.8 Å². The third-order valence-corrected chi connectivity index (χ3v) is 3.08. The van der Waals surface area contributed by atoms with E-state index in [0.29, 0.717) is 13.0 Å². The van der Waals surface area contributed by atoms with Gasteiger partial charge in [0.2, 0.25) is 5.91 Å². The first-order chi connectivity index (χ1) is 9.10. The van der Waals surface area contributed by atoms with Crippen molar-refractivity contribution in [3.63, 3.8) is 0 Å². The van der Waals surface area contributed by atoms with Crippen molar-refractivity contribution >= 4 is 11.7 Å². The number of hydrogen-bond donors (Lipinski definition) is 3. The summed E-state index contributed by atoms with van der Waals surface area (Å²) in [6, 6.07) is 7.85. The van der Waals surface area contributed by atoms with Gasteiger partial charge in [0, 0.05) is 6.54 Å². The maximum Gasteiger partial charge on any atom is 0.231 e. The van der Waals surface area contributed by atoms with E-state index >= 15 is 0 Å². The van der Waals surface area contributed by atoms with Gasteiger partial charge < -0.3 is 16.3 Å². The summed E-state index contributed by atoms with van der Waals surface area (Å²) in [7, 11) is 0. The van der Waals surface area contributed by atoms with E-state index in [4.69, 9.17) is 10.9 Å². The molecule has 5 nitrogen and oxygen atoms in total. The van der Waals surface area contributed by atoms with E-state index in [1.54, 1.807) is 0 Å². The molecule has 0 aliphatic carbocycles. The highest BCUT2D eigenvalue weighted by Crippen LogP contribution is 2.09. The summed E-state index contributed by atoms with van der Waals surface area (Å²) < 4.78 is 0. The lowest BCUT2D eigenvalue weighted by Crippen LogP contribution is -2.38. The first kappa shape index (κ1) is 15.0. The van der Waals surface area contributed by atoms with E-state index in [1.165, 1.54) is 0 Å². The minimum atomic E-state index is -0.570. The van der Waals surface area contributed by atoms with E-state index in [-0.39, 0.29) is 11.7 Å². The largest absolute Gasteiger partial charge is 0.409 e. The standard InChI is InChI=1S/C14H21N3O2/c1-3-6-12(13(15)17-19)14(18)16-9-11-8-5-4-7-10(11)2/h4-5,7-8,12,19H,3,6,9H2,1-2H3,(H2,15,17)(H,16,18). The molecule has 0 saturated carbocycles. The highest BCUT2D eigenvalue weighted by atomic mass is 16.4. The zero-order valence-electron chi connectivity index (χ0n) is 11.4. The first-order valence-corrected chi connectivity index (χ1v) is 6.39. The molecule has 0 bridgehead atoms. The Labute approximate surface area is 113 Å². The second-order valence-corrected chi connectivity index (χ2v) is 4.51. The lowest BCUT2D eigenvalue weighted by atomic mass is 10.0. The normalized spacial score (nSPS) is 13.1. The molecule has 4 N–H and O–H groups in total. The van der Waals surface area contributed by atoms with Crippen molar-refractivity contribution in [3.8, 4) is 0 Å². The maximum absolute atomic E-state index is 12.0. The van der Waals surface area contributed by atoms with Crippen LogP contribution in [0.3, 0.4) is 0 Å². The van der Waals surface area contributed by atoms with Crippen LogP contribution in [0.1, 0.15) is 30.9 Å². The predicted molar refractivity (Wildman–Crippen MR) is 74.8 cm³/mol. The molecule has 0 fully saturated rings. The monoisotopic (exact) mass is 263 g/mol. The molecule has 1 atom stereocenters. The highest BCUT2D eigenvalue weighted by molar-refractivity contribution is 6.01. The summed E-state index contributed by atoms with van der Waals surface area (Å²) in [6.07, 6.45) is 1.36. The molecule has 1 rings (SSSR count). The maximum atomic E-state index is 12.0. The van der Waals surface area contributed by atoms with Crippen molar-refractivity contribution in [3.05, 3.63) is 35.4 Å². The fourth-order valence-electron chi connectivity index (χ4n) is 1.89. The van der Waals surface area contributed by atoms with Crippen LogP contribution >= 0.6 is 0 Å². The molecular weight excluding hydrogens is 242 g/mol. The number of nitrogens with zero attached hydrogens (tertiary/aromatic N) is 1. The quantitative estimate of drug-likeness (QED) is 0.316. The van der Waals surface area contributed by atoms with Crippen LogP contribution in [0.4, 0.5) is 0 Å². The minimum Gasteiger partial charge on any atom is -0.409 e.